The fraction of sp³-hybridized carbons (Fsp3) is 0.421. The molecule has 0 radical (unpaired) electrons. The van der Waals surface area contributed by atoms with Crippen LogP contribution in [0.25, 0.3) is 0 Å². The minimum atomic E-state index is -0.239. The summed E-state index contributed by atoms with van der Waals surface area (Å²) in [5.41, 5.74) is 0.681. The largest absolute Gasteiger partial charge is 0.493 e. The van der Waals surface area contributed by atoms with Gasteiger partial charge in [0.1, 0.15) is 0 Å². The second-order valence-electron chi connectivity index (χ2n) is 6.31. The summed E-state index contributed by atoms with van der Waals surface area (Å²) in [6.07, 6.45) is 3.49. The molecule has 27 heavy (non-hydrogen) atoms. The van der Waals surface area contributed by atoms with Crippen molar-refractivity contribution in [2.45, 2.75) is 13.0 Å². The van der Waals surface area contributed by atoms with E-state index in [1.165, 1.54) is 0 Å². The highest BCUT2D eigenvalue weighted by molar-refractivity contribution is 5.94. The Bertz CT molecular complexity index is 763. The normalized spacial score (nSPS) is 15.9. The zero-order chi connectivity index (χ0) is 19.2. The summed E-state index contributed by atoms with van der Waals surface area (Å²) in [6.45, 7) is 5.05. The predicted octanol–water partition coefficient (Wildman–Crippen LogP) is 1.64. The summed E-state index contributed by atoms with van der Waals surface area (Å²) < 4.78 is 10.5. The van der Waals surface area contributed by atoms with Crippen molar-refractivity contribution in [2.75, 3.05) is 50.6 Å². The van der Waals surface area contributed by atoms with Crippen LogP contribution in [0.3, 0.4) is 0 Å². The topological polar surface area (TPSA) is 79.8 Å². The molecule has 1 atom stereocenters. The Morgan fingerprint density at radius 1 is 1.07 bits per heavy atom. The van der Waals surface area contributed by atoms with Crippen molar-refractivity contribution in [3.8, 4) is 11.5 Å². The Kier molecular flexibility index (Phi) is 6.08. The maximum absolute atomic E-state index is 12.7. The first-order chi connectivity index (χ1) is 13.1. The number of hydrogen-bond donors (Lipinski definition) is 1. The van der Waals surface area contributed by atoms with Crippen LogP contribution < -0.4 is 19.7 Å². The molecule has 2 aromatic rings. The lowest BCUT2D eigenvalue weighted by molar-refractivity contribution is -0.120. The highest BCUT2D eigenvalue weighted by Crippen LogP contribution is 2.29. The fourth-order valence-corrected chi connectivity index (χ4v) is 3.09. The lowest BCUT2D eigenvalue weighted by Gasteiger charge is -2.37. The SMILES string of the molecule is COc1ccc(NC(=O)[C@H](C)N2CCN(c3ncccn3)CC2)cc1OC. The van der Waals surface area contributed by atoms with Gasteiger partial charge in [0.2, 0.25) is 11.9 Å². The molecule has 1 aliphatic heterocycles. The molecule has 0 spiro atoms. The molecule has 8 nitrogen and oxygen atoms in total. The summed E-state index contributed by atoms with van der Waals surface area (Å²) in [5, 5.41) is 2.95. The zero-order valence-corrected chi connectivity index (χ0v) is 15.9. The molecule has 3 rings (SSSR count). The average molecular weight is 371 g/mol. The molecule has 144 valence electrons. The molecule has 1 saturated heterocycles. The Morgan fingerprint density at radius 3 is 2.37 bits per heavy atom. The standard InChI is InChI=1S/C19H25N5O3/c1-14(18(25)22-15-5-6-16(26-2)17(13-15)27-3)23-9-11-24(12-10-23)19-20-7-4-8-21-19/h4-8,13-14H,9-12H2,1-3H3,(H,22,25)/t14-/m0/s1. The summed E-state index contributed by atoms with van der Waals surface area (Å²) >= 11 is 0. The number of piperazine rings is 1. The van der Waals surface area contributed by atoms with Crippen molar-refractivity contribution >= 4 is 17.5 Å². The first kappa shape index (κ1) is 18.9. The summed E-state index contributed by atoms with van der Waals surface area (Å²) in [4.78, 5) is 25.5. The van der Waals surface area contributed by atoms with Crippen LogP contribution in [-0.4, -0.2) is 67.2 Å². The number of anilines is 2. The highest BCUT2D eigenvalue weighted by Gasteiger charge is 2.26. The number of benzene rings is 1. The Hall–Kier alpha value is -2.87. The van der Waals surface area contributed by atoms with E-state index in [2.05, 4.69) is 25.1 Å². The quantitative estimate of drug-likeness (QED) is 0.827. The maximum Gasteiger partial charge on any atom is 0.241 e. The number of carbonyl (C=O) groups is 1. The van der Waals surface area contributed by atoms with Gasteiger partial charge in [-0.2, -0.15) is 0 Å². The van der Waals surface area contributed by atoms with Gasteiger partial charge in [0.25, 0.3) is 0 Å². The van der Waals surface area contributed by atoms with Gasteiger partial charge in [-0.15, -0.1) is 0 Å². The third-order valence-corrected chi connectivity index (χ3v) is 4.73. The molecule has 0 unspecified atom stereocenters. The van der Waals surface area contributed by atoms with Gasteiger partial charge in [0, 0.05) is 50.3 Å². The van der Waals surface area contributed by atoms with Crippen LogP contribution in [0.15, 0.2) is 36.7 Å². The molecule has 1 aromatic heterocycles. The van der Waals surface area contributed by atoms with Crippen molar-refractivity contribution in [3.63, 3.8) is 0 Å². The minimum Gasteiger partial charge on any atom is -0.493 e. The second kappa shape index (κ2) is 8.68. The molecule has 1 aromatic carbocycles. The summed E-state index contributed by atoms with van der Waals surface area (Å²) in [7, 11) is 3.15. The lowest BCUT2D eigenvalue weighted by atomic mass is 10.2. The predicted molar refractivity (Wildman–Crippen MR) is 103 cm³/mol. The van der Waals surface area contributed by atoms with Crippen molar-refractivity contribution < 1.29 is 14.3 Å². The average Bonchev–Trinajstić information content (AvgIpc) is 2.73. The lowest BCUT2D eigenvalue weighted by Crippen LogP contribution is -2.53. The first-order valence-corrected chi connectivity index (χ1v) is 8.91. The van der Waals surface area contributed by atoms with Gasteiger partial charge < -0.3 is 19.7 Å². The maximum atomic E-state index is 12.7. The van der Waals surface area contributed by atoms with E-state index >= 15 is 0 Å². The number of nitrogens with one attached hydrogen (secondary N) is 1. The Balaban J connectivity index is 1.57. The van der Waals surface area contributed by atoms with E-state index in [9.17, 15) is 4.79 Å². The van der Waals surface area contributed by atoms with E-state index in [4.69, 9.17) is 9.47 Å². The number of amides is 1. The molecule has 1 amide bonds. The third-order valence-electron chi connectivity index (χ3n) is 4.73. The number of methoxy groups -OCH3 is 2. The number of hydrogen-bond acceptors (Lipinski definition) is 7. The minimum absolute atomic E-state index is 0.0494. The van der Waals surface area contributed by atoms with Crippen LogP contribution in [0.1, 0.15) is 6.92 Å². The van der Waals surface area contributed by atoms with Gasteiger partial charge in [-0.1, -0.05) is 0 Å². The smallest absolute Gasteiger partial charge is 0.241 e. The van der Waals surface area contributed by atoms with Crippen LogP contribution in [-0.2, 0) is 4.79 Å². The fourth-order valence-electron chi connectivity index (χ4n) is 3.09. The van der Waals surface area contributed by atoms with Crippen molar-refractivity contribution in [3.05, 3.63) is 36.7 Å². The van der Waals surface area contributed by atoms with Gasteiger partial charge in [-0.3, -0.25) is 9.69 Å². The van der Waals surface area contributed by atoms with Crippen LogP contribution in [0.5, 0.6) is 11.5 Å². The monoisotopic (exact) mass is 371 g/mol. The number of ether oxygens (including phenoxy) is 2. The van der Waals surface area contributed by atoms with Gasteiger partial charge in [0.05, 0.1) is 20.3 Å². The molecule has 1 aliphatic rings. The van der Waals surface area contributed by atoms with Gasteiger partial charge in [0.15, 0.2) is 11.5 Å². The molecular weight excluding hydrogens is 346 g/mol. The molecule has 0 aliphatic carbocycles. The number of aromatic nitrogens is 2. The molecule has 1 fully saturated rings. The van der Waals surface area contributed by atoms with E-state index < -0.39 is 0 Å². The Morgan fingerprint density at radius 2 is 1.74 bits per heavy atom. The molecular formula is C19H25N5O3. The van der Waals surface area contributed by atoms with E-state index in [-0.39, 0.29) is 11.9 Å². The van der Waals surface area contributed by atoms with Crippen LogP contribution in [0, 0.1) is 0 Å². The Labute approximate surface area is 159 Å². The molecule has 8 heteroatoms. The third kappa shape index (κ3) is 4.46. The number of carbonyl (C=O) groups excluding carboxylic acids is 1. The van der Waals surface area contributed by atoms with E-state index in [0.717, 1.165) is 32.1 Å². The molecule has 0 saturated carbocycles. The van der Waals surface area contributed by atoms with E-state index in [1.807, 2.05) is 6.92 Å². The van der Waals surface area contributed by atoms with Gasteiger partial charge >= 0.3 is 0 Å². The van der Waals surface area contributed by atoms with Crippen LogP contribution >= 0.6 is 0 Å². The van der Waals surface area contributed by atoms with Crippen molar-refractivity contribution in [1.82, 2.24) is 14.9 Å². The molecule has 2 heterocycles. The van der Waals surface area contributed by atoms with Crippen LogP contribution in [0.4, 0.5) is 11.6 Å². The van der Waals surface area contributed by atoms with E-state index in [0.29, 0.717) is 17.2 Å². The van der Waals surface area contributed by atoms with Crippen molar-refractivity contribution in [2.24, 2.45) is 0 Å². The zero-order valence-electron chi connectivity index (χ0n) is 15.9. The molecule has 1 N–H and O–H groups in total. The van der Waals surface area contributed by atoms with Gasteiger partial charge in [-0.05, 0) is 25.1 Å². The number of nitrogens with zero attached hydrogens (tertiary/aromatic N) is 4. The first-order valence-electron chi connectivity index (χ1n) is 8.91. The van der Waals surface area contributed by atoms with Crippen LogP contribution in [0.2, 0.25) is 0 Å². The highest BCUT2D eigenvalue weighted by atomic mass is 16.5. The summed E-state index contributed by atoms with van der Waals surface area (Å²) in [5.74, 6) is 1.90. The van der Waals surface area contributed by atoms with Crippen molar-refractivity contribution in [1.29, 1.82) is 0 Å². The second-order valence-corrected chi connectivity index (χ2v) is 6.31. The molecule has 0 bridgehead atoms. The van der Waals surface area contributed by atoms with Gasteiger partial charge in [-0.25, -0.2) is 9.97 Å². The summed E-state index contributed by atoms with van der Waals surface area (Å²) in [6, 6.07) is 6.90. The van der Waals surface area contributed by atoms with E-state index in [1.54, 1.807) is 50.9 Å². The number of rotatable bonds is 6.